The lowest BCUT2D eigenvalue weighted by molar-refractivity contribution is -0.138. The summed E-state index contributed by atoms with van der Waals surface area (Å²) in [6, 6.07) is 8.93. The summed E-state index contributed by atoms with van der Waals surface area (Å²) < 4.78 is 53.7. The first-order valence-corrected chi connectivity index (χ1v) is 11.4. The summed E-state index contributed by atoms with van der Waals surface area (Å²) in [7, 11) is 0. The number of benzene rings is 2. The van der Waals surface area contributed by atoms with Gasteiger partial charge in [0.2, 0.25) is 0 Å². The number of carbonyl (C=O) groups is 1. The van der Waals surface area contributed by atoms with E-state index in [1.54, 1.807) is 37.8 Å². The second kappa shape index (κ2) is 10.2. The average molecular weight is 500 g/mol. The van der Waals surface area contributed by atoms with Crippen LogP contribution in [0.25, 0.3) is 0 Å². The summed E-state index contributed by atoms with van der Waals surface area (Å²) in [5.74, 6) is -0.336. The van der Waals surface area contributed by atoms with E-state index >= 15 is 0 Å². The van der Waals surface area contributed by atoms with Gasteiger partial charge in [-0.3, -0.25) is 0 Å². The van der Waals surface area contributed by atoms with Crippen LogP contribution in [0.2, 0.25) is 5.02 Å². The Hall–Kier alpha value is -2.81. The molecule has 186 valence electrons. The molecule has 10 heteroatoms. The number of nitrogens with two attached hydrogens (primary N) is 1. The molecule has 3 N–H and O–H groups in total. The predicted octanol–water partition coefficient (Wildman–Crippen LogP) is 6.47. The SMILES string of the molecule is CC(C)(C)OC(=O)NC[C@@H]1CCCN(c2c(N)ccc(Oc3ccccc3Cl)c2C(F)(F)F)C1. The molecule has 1 heterocycles. The molecule has 0 aliphatic carbocycles. The maximum atomic E-state index is 14.3. The largest absolute Gasteiger partial charge is 0.455 e. The van der Waals surface area contributed by atoms with E-state index in [0.717, 1.165) is 6.42 Å². The quantitative estimate of drug-likeness (QED) is 0.461. The Morgan fingerprint density at radius 2 is 1.88 bits per heavy atom. The standard InChI is InChI=1S/C24H29ClF3N3O3/c1-23(2,3)34-22(32)30-13-15-7-6-12-31(14-15)21-17(29)10-11-19(20(21)24(26,27)28)33-18-9-5-4-8-16(18)25/h4-5,8-11,15H,6-7,12-14,29H2,1-3H3,(H,30,32)/t15-/m0/s1. The number of alkyl carbamates (subject to hydrolysis) is 1. The van der Waals surface area contributed by atoms with E-state index in [1.165, 1.54) is 24.3 Å². The molecule has 1 aliphatic rings. The van der Waals surface area contributed by atoms with Crippen LogP contribution in [0.3, 0.4) is 0 Å². The van der Waals surface area contributed by atoms with E-state index in [4.69, 9.17) is 26.8 Å². The molecule has 0 spiro atoms. The highest BCUT2D eigenvalue weighted by Gasteiger charge is 2.41. The lowest BCUT2D eigenvalue weighted by atomic mass is 9.96. The minimum Gasteiger partial charge on any atom is -0.455 e. The molecular formula is C24H29ClF3N3O3. The molecule has 2 aromatic rings. The number of rotatable bonds is 5. The van der Waals surface area contributed by atoms with Crippen molar-refractivity contribution in [2.75, 3.05) is 30.3 Å². The Bertz CT molecular complexity index is 1020. The van der Waals surface area contributed by atoms with Gasteiger partial charge >= 0.3 is 12.3 Å². The third-order valence-electron chi connectivity index (χ3n) is 5.28. The molecule has 0 bridgehead atoms. The number of nitrogens with zero attached hydrogens (tertiary/aromatic N) is 1. The third kappa shape index (κ3) is 6.62. The summed E-state index contributed by atoms with van der Waals surface area (Å²) in [5, 5.41) is 2.90. The van der Waals surface area contributed by atoms with Crippen LogP contribution in [0.15, 0.2) is 36.4 Å². The molecule has 1 amide bonds. The van der Waals surface area contributed by atoms with Crippen molar-refractivity contribution in [1.29, 1.82) is 0 Å². The van der Waals surface area contributed by atoms with E-state index < -0.39 is 23.4 Å². The van der Waals surface area contributed by atoms with Crippen LogP contribution < -0.4 is 20.7 Å². The van der Waals surface area contributed by atoms with Crippen molar-refractivity contribution >= 4 is 29.1 Å². The fourth-order valence-electron chi connectivity index (χ4n) is 3.91. The number of piperidine rings is 1. The fourth-order valence-corrected chi connectivity index (χ4v) is 4.09. The van der Waals surface area contributed by atoms with E-state index in [0.29, 0.717) is 19.5 Å². The zero-order chi connectivity index (χ0) is 25.1. The van der Waals surface area contributed by atoms with Crippen LogP contribution in [0.1, 0.15) is 39.2 Å². The highest BCUT2D eigenvalue weighted by atomic mass is 35.5. The number of anilines is 2. The number of carbonyl (C=O) groups excluding carboxylic acids is 1. The molecule has 0 aromatic heterocycles. The lowest BCUT2D eigenvalue weighted by Gasteiger charge is -2.37. The van der Waals surface area contributed by atoms with Gasteiger partial charge in [0.05, 0.1) is 16.4 Å². The van der Waals surface area contributed by atoms with Crippen LogP contribution in [0.4, 0.5) is 29.3 Å². The van der Waals surface area contributed by atoms with Gasteiger partial charge in [-0.25, -0.2) is 4.79 Å². The molecular weight excluding hydrogens is 471 g/mol. The van der Waals surface area contributed by atoms with Gasteiger partial charge in [-0.05, 0) is 63.8 Å². The first-order valence-electron chi connectivity index (χ1n) is 11.0. The van der Waals surface area contributed by atoms with Gasteiger partial charge in [-0.15, -0.1) is 0 Å². The number of hydrogen-bond donors (Lipinski definition) is 2. The van der Waals surface area contributed by atoms with Gasteiger partial charge in [0.15, 0.2) is 0 Å². The van der Waals surface area contributed by atoms with Gasteiger partial charge in [0.1, 0.15) is 22.7 Å². The van der Waals surface area contributed by atoms with E-state index in [1.807, 2.05) is 0 Å². The molecule has 1 aliphatic heterocycles. The van der Waals surface area contributed by atoms with Gasteiger partial charge in [0.25, 0.3) is 0 Å². The Morgan fingerprint density at radius 3 is 2.53 bits per heavy atom. The lowest BCUT2D eigenvalue weighted by Crippen LogP contribution is -2.43. The second-order valence-electron chi connectivity index (χ2n) is 9.24. The van der Waals surface area contributed by atoms with Crippen LogP contribution in [0.5, 0.6) is 11.5 Å². The monoisotopic (exact) mass is 499 g/mol. The van der Waals surface area contributed by atoms with Gasteiger partial charge in [-0.2, -0.15) is 13.2 Å². The highest BCUT2D eigenvalue weighted by molar-refractivity contribution is 6.32. The van der Waals surface area contributed by atoms with Crippen LogP contribution in [0, 0.1) is 5.92 Å². The first kappa shape index (κ1) is 25.8. The average Bonchev–Trinajstić information content (AvgIpc) is 2.73. The van der Waals surface area contributed by atoms with Crippen molar-refractivity contribution in [1.82, 2.24) is 5.32 Å². The van der Waals surface area contributed by atoms with E-state index in [9.17, 15) is 18.0 Å². The number of para-hydroxylation sites is 1. The summed E-state index contributed by atoms with van der Waals surface area (Å²) >= 11 is 6.09. The van der Waals surface area contributed by atoms with Crippen LogP contribution >= 0.6 is 11.6 Å². The zero-order valence-electron chi connectivity index (χ0n) is 19.3. The molecule has 3 rings (SSSR count). The molecule has 0 radical (unpaired) electrons. The smallest absolute Gasteiger partial charge is 0.422 e. The molecule has 2 aromatic carbocycles. The van der Waals surface area contributed by atoms with Crippen molar-refractivity contribution in [2.24, 2.45) is 5.92 Å². The third-order valence-corrected chi connectivity index (χ3v) is 5.59. The van der Waals surface area contributed by atoms with Crippen molar-refractivity contribution in [3.05, 3.63) is 47.0 Å². The maximum absolute atomic E-state index is 14.3. The number of nitrogens with one attached hydrogen (secondary N) is 1. The number of nitrogen functional groups attached to an aromatic ring is 1. The Labute approximate surface area is 202 Å². The van der Waals surface area contributed by atoms with Gasteiger partial charge < -0.3 is 25.4 Å². The van der Waals surface area contributed by atoms with Crippen molar-refractivity contribution in [2.45, 2.75) is 45.4 Å². The van der Waals surface area contributed by atoms with E-state index in [-0.39, 0.29) is 40.4 Å². The Balaban J connectivity index is 1.86. The Morgan fingerprint density at radius 1 is 1.18 bits per heavy atom. The topological polar surface area (TPSA) is 76.8 Å². The zero-order valence-corrected chi connectivity index (χ0v) is 20.1. The second-order valence-corrected chi connectivity index (χ2v) is 9.65. The van der Waals surface area contributed by atoms with Gasteiger partial charge in [0, 0.05) is 19.6 Å². The van der Waals surface area contributed by atoms with Crippen molar-refractivity contribution in [3.63, 3.8) is 0 Å². The minimum absolute atomic E-state index is 0.000384. The van der Waals surface area contributed by atoms with Gasteiger partial charge in [-0.1, -0.05) is 23.7 Å². The fraction of sp³-hybridized carbons (Fsp3) is 0.458. The summed E-state index contributed by atoms with van der Waals surface area (Å²) in [6.45, 7) is 6.24. The molecule has 0 unspecified atom stereocenters. The summed E-state index contributed by atoms with van der Waals surface area (Å²) in [5.41, 5.74) is 4.35. The van der Waals surface area contributed by atoms with Crippen LogP contribution in [-0.4, -0.2) is 31.3 Å². The predicted molar refractivity (Wildman–Crippen MR) is 127 cm³/mol. The number of halogens is 4. The number of hydrogen-bond acceptors (Lipinski definition) is 5. The maximum Gasteiger partial charge on any atom is 0.422 e. The first-order chi connectivity index (χ1) is 15.8. The summed E-state index contributed by atoms with van der Waals surface area (Å²) in [4.78, 5) is 13.6. The molecule has 1 saturated heterocycles. The number of alkyl halides is 3. The molecule has 1 atom stereocenters. The van der Waals surface area contributed by atoms with Crippen molar-refractivity contribution < 1.29 is 27.4 Å². The normalized spacial score (nSPS) is 16.8. The minimum atomic E-state index is -4.72. The van der Waals surface area contributed by atoms with Crippen molar-refractivity contribution in [3.8, 4) is 11.5 Å². The highest BCUT2D eigenvalue weighted by Crippen LogP contribution is 2.48. The Kier molecular flexibility index (Phi) is 7.75. The van der Waals surface area contributed by atoms with E-state index in [2.05, 4.69) is 5.32 Å². The van der Waals surface area contributed by atoms with Crippen LogP contribution in [-0.2, 0) is 10.9 Å². The summed E-state index contributed by atoms with van der Waals surface area (Å²) in [6.07, 6.45) is -3.88. The molecule has 6 nitrogen and oxygen atoms in total. The molecule has 34 heavy (non-hydrogen) atoms. The molecule has 0 saturated carbocycles. The number of amides is 1. The number of ether oxygens (including phenoxy) is 2. The molecule has 1 fully saturated rings.